The maximum Gasteiger partial charge on any atom is 0.508 e. The number of hydrogen-bond acceptors (Lipinski definition) is 4. The highest BCUT2D eigenvalue weighted by Gasteiger charge is 2.20. The van der Waals surface area contributed by atoms with Gasteiger partial charge < -0.3 is 14.6 Å². The summed E-state index contributed by atoms with van der Waals surface area (Å²) in [6.45, 7) is 18.1. The monoisotopic (exact) mass is 324 g/mol. The fraction of sp³-hybridized carbons (Fsp3) is 0.632. The Morgan fingerprint density at radius 2 is 1.83 bits per heavy atom. The van der Waals surface area contributed by atoms with E-state index in [4.69, 9.17) is 9.47 Å². The molecule has 0 aromatic carbocycles. The molecule has 0 saturated heterocycles. The van der Waals surface area contributed by atoms with Crippen LogP contribution in [0.15, 0.2) is 35.5 Å². The summed E-state index contributed by atoms with van der Waals surface area (Å²) in [5.74, 6) is -0.219. The summed E-state index contributed by atoms with van der Waals surface area (Å²) in [6, 6.07) is 0. The van der Waals surface area contributed by atoms with Gasteiger partial charge in [0.05, 0.1) is 12.7 Å². The first-order valence-corrected chi connectivity index (χ1v) is 8.00. The minimum atomic E-state index is -0.716. The molecule has 0 aromatic heterocycles. The number of rotatable bonds is 7. The lowest BCUT2D eigenvalue weighted by Crippen LogP contribution is -2.23. The average molecular weight is 324 g/mol. The van der Waals surface area contributed by atoms with Crippen molar-refractivity contribution in [1.29, 1.82) is 0 Å². The van der Waals surface area contributed by atoms with Crippen LogP contribution in [0.5, 0.6) is 0 Å². The van der Waals surface area contributed by atoms with Gasteiger partial charge in [-0.05, 0) is 37.3 Å². The van der Waals surface area contributed by atoms with E-state index in [1.165, 1.54) is 0 Å². The molecule has 0 aliphatic carbocycles. The molecule has 0 heterocycles. The fourth-order valence-electron chi connectivity index (χ4n) is 2.23. The lowest BCUT2D eigenvalue weighted by molar-refractivity contribution is 0.0615. The molecule has 0 aliphatic heterocycles. The van der Waals surface area contributed by atoms with E-state index in [0.29, 0.717) is 5.57 Å². The summed E-state index contributed by atoms with van der Waals surface area (Å²) in [7, 11) is 0. The van der Waals surface area contributed by atoms with Crippen LogP contribution in [0, 0.1) is 11.3 Å². The van der Waals surface area contributed by atoms with Crippen LogP contribution < -0.4 is 0 Å². The van der Waals surface area contributed by atoms with Crippen molar-refractivity contribution in [3.05, 3.63) is 35.5 Å². The topological polar surface area (TPSA) is 55.8 Å². The van der Waals surface area contributed by atoms with Crippen LogP contribution in [0.4, 0.5) is 4.79 Å². The van der Waals surface area contributed by atoms with Crippen LogP contribution >= 0.6 is 0 Å². The normalized spacial score (nSPS) is 15.8. The first kappa shape index (κ1) is 21.4. The average Bonchev–Trinajstić information content (AvgIpc) is 2.41. The molecule has 4 nitrogen and oxygen atoms in total. The van der Waals surface area contributed by atoms with Gasteiger partial charge in [-0.2, -0.15) is 0 Å². The standard InChI is InChI=1S/C19H32O4/c1-9-22-18(21)23-12-15(4)16(5)17(20)14(3)10-13(2)11-19(6,7)8/h10-11,16-17,20H,4,9,12H2,1-3,5-8H3/b13-11+,14-10+/t16-,17+/m1/s1. The SMILES string of the molecule is C=C(COC(=O)OCC)[C@@H](C)[C@@H](O)/C(C)=C/C(C)=C/C(C)(C)C. The van der Waals surface area contributed by atoms with Crippen molar-refractivity contribution in [2.75, 3.05) is 13.2 Å². The third kappa shape index (κ3) is 9.24. The highest BCUT2D eigenvalue weighted by atomic mass is 16.7. The predicted molar refractivity (Wildman–Crippen MR) is 94.3 cm³/mol. The van der Waals surface area contributed by atoms with E-state index in [2.05, 4.69) is 33.4 Å². The zero-order valence-corrected chi connectivity index (χ0v) is 15.6. The van der Waals surface area contributed by atoms with Gasteiger partial charge in [-0.3, -0.25) is 0 Å². The minimum Gasteiger partial charge on any atom is -0.435 e. The number of carbonyl (C=O) groups excluding carboxylic acids is 1. The first-order chi connectivity index (χ1) is 10.5. The Balaban J connectivity index is 4.74. The molecule has 0 rings (SSSR count). The number of allylic oxidation sites excluding steroid dienone is 3. The molecular weight excluding hydrogens is 292 g/mol. The Bertz CT molecular complexity index is 466. The Hall–Kier alpha value is -1.55. The summed E-state index contributed by atoms with van der Waals surface area (Å²) in [6.07, 6.45) is 2.75. The van der Waals surface area contributed by atoms with E-state index in [0.717, 1.165) is 11.1 Å². The van der Waals surface area contributed by atoms with Gasteiger partial charge in [0.2, 0.25) is 0 Å². The Labute approximate surface area is 140 Å². The number of aliphatic hydroxyl groups is 1. The molecule has 0 radical (unpaired) electrons. The van der Waals surface area contributed by atoms with Gasteiger partial charge in [-0.1, -0.05) is 52.0 Å². The van der Waals surface area contributed by atoms with E-state index >= 15 is 0 Å². The molecule has 0 aromatic rings. The molecule has 23 heavy (non-hydrogen) atoms. The molecular formula is C19H32O4. The Morgan fingerprint density at radius 1 is 1.26 bits per heavy atom. The van der Waals surface area contributed by atoms with Crippen LogP contribution in [0.2, 0.25) is 0 Å². The van der Waals surface area contributed by atoms with Crippen LogP contribution in [0.25, 0.3) is 0 Å². The summed E-state index contributed by atoms with van der Waals surface area (Å²) in [5.41, 5.74) is 2.70. The van der Waals surface area contributed by atoms with E-state index in [9.17, 15) is 9.90 Å². The molecule has 2 atom stereocenters. The Morgan fingerprint density at radius 3 is 2.30 bits per heavy atom. The zero-order valence-electron chi connectivity index (χ0n) is 15.6. The van der Waals surface area contributed by atoms with Crippen LogP contribution in [0.3, 0.4) is 0 Å². The Kier molecular flexibility index (Phi) is 8.91. The van der Waals surface area contributed by atoms with Crippen LogP contribution in [-0.4, -0.2) is 30.6 Å². The molecule has 0 unspecified atom stereocenters. The van der Waals surface area contributed by atoms with Crippen molar-refractivity contribution in [3.63, 3.8) is 0 Å². The van der Waals surface area contributed by atoms with Gasteiger partial charge in [0.25, 0.3) is 0 Å². The van der Waals surface area contributed by atoms with E-state index in [1.54, 1.807) is 6.92 Å². The second-order valence-electron chi connectivity index (χ2n) is 7.01. The largest absolute Gasteiger partial charge is 0.508 e. The molecule has 0 amide bonds. The summed E-state index contributed by atoms with van der Waals surface area (Å²) in [5, 5.41) is 10.4. The van der Waals surface area contributed by atoms with Crippen molar-refractivity contribution in [2.45, 2.75) is 54.6 Å². The molecule has 0 bridgehead atoms. The van der Waals surface area contributed by atoms with Gasteiger partial charge in [-0.25, -0.2) is 4.79 Å². The zero-order chi connectivity index (χ0) is 18.2. The third-order valence-electron chi connectivity index (χ3n) is 3.34. The van der Waals surface area contributed by atoms with Crippen molar-refractivity contribution >= 4 is 6.16 Å². The lowest BCUT2D eigenvalue weighted by Gasteiger charge is -2.22. The molecule has 0 saturated carbocycles. The molecule has 4 heteroatoms. The summed E-state index contributed by atoms with van der Waals surface area (Å²) in [4.78, 5) is 11.2. The van der Waals surface area contributed by atoms with E-state index in [1.807, 2.05) is 26.8 Å². The highest BCUT2D eigenvalue weighted by molar-refractivity contribution is 5.60. The maximum absolute atomic E-state index is 11.2. The van der Waals surface area contributed by atoms with E-state index < -0.39 is 12.3 Å². The predicted octanol–water partition coefficient (Wildman–Crippen LogP) is 4.65. The van der Waals surface area contributed by atoms with Gasteiger partial charge in [0, 0.05) is 5.92 Å². The highest BCUT2D eigenvalue weighted by Crippen LogP contribution is 2.23. The maximum atomic E-state index is 11.2. The van der Waals surface area contributed by atoms with Gasteiger partial charge in [0.15, 0.2) is 0 Å². The van der Waals surface area contributed by atoms with Gasteiger partial charge >= 0.3 is 6.16 Å². The first-order valence-electron chi connectivity index (χ1n) is 8.00. The van der Waals surface area contributed by atoms with Crippen LogP contribution in [-0.2, 0) is 9.47 Å². The van der Waals surface area contributed by atoms with Crippen LogP contribution in [0.1, 0.15) is 48.5 Å². The van der Waals surface area contributed by atoms with Crippen molar-refractivity contribution in [2.24, 2.45) is 11.3 Å². The van der Waals surface area contributed by atoms with Crippen molar-refractivity contribution in [1.82, 2.24) is 0 Å². The number of hydrogen-bond donors (Lipinski definition) is 1. The molecule has 0 fully saturated rings. The van der Waals surface area contributed by atoms with E-state index in [-0.39, 0.29) is 24.5 Å². The minimum absolute atomic E-state index is 0.0428. The summed E-state index contributed by atoms with van der Waals surface area (Å²) < 4.78 is 9.63. The third-order valence-corrected chi connectivity index (χ3v) is 3.34. The fourth-order valence-corrected chi connectivity index (χ4v) is 2.23. The molecule has 0 spiro atoms. The number of aliphatic hydroxyl groups excluding tert-OH is 1. The lowest BCUT2D eigenvalue weighted by atomic mass is 9.89. The molecule has 132 valence electrons. The second-order valence-corrected chi connectivity index (χ2v) is 7.01. The second kappa shape index (κ2) is 9.56. The van der Waals surface area contributed by atoms with Crippen molar-refractivity contribution < 1.29 is 19.4 Å². The van der Waals surface area contributed by atoms with Gasteiger partial charge in [-0.15, -0.1) is 0 Å². The quantitative estimate of drug-likeness (QED) is 0.421. The van der Waals surface area contributed by atoms with Crippen molar-refractivity contribution in [3.8, 4) is 0 Å². The number of carbonyl (C=O) groups is 1. The molecule has 0 aliphatic rings. The molecule has 1 N–H and O–H groups in total. The smallest absolute Gasteiger partial charge is 0.435 e. The number of ether oxygens (including phenoxy) is 2. The summed E-state index contributed by atoms with van der Waals surface area (Å²) >= 11 is 0. The van der Waals surface area contributed by atoms with Gasteiger partial charge in [0.1, 0.15) is 6.61 Å².